The zero-order valence-electron chi connectivity index (χ0n) is 6.80. The molecule has 0 saturated carbocycles. The first-order chi connectivity index (χ1) is 4.85. The summed E-state index contributed by atoms with van der Waals surface area (Å²) in [6, 6.07) is 0. The zero-order chi connectivity index (χ0) is 7.82. The molecule has 4 heteroatoms. The summed E-state index contributed by atoms with van der Waals surface area (Å²) in [6.07, 6.45) is 0.755. The van der Waals surface area contributed by atoms with E-state index in [9.17, 15) is 0 Å². The average molecular weight is 163 g/mol. The molecule has 62 valence electrons. The van der Waals surface area contributed by atoms with Gasteiger partial charge in [-0.05, 0) is 20.0 Å². The number of rotatable bonds is 6. The van der Waals surface area contributed by atoms with Crippen LogP contribution in [0.25, 0.3) is 0 Å². The molecule has 2 N–H and O–H groups in total. The van der Waals surface area contributed by atoms with Crippen LogP contribution < -0.4 is 5.73 Å². The maximum Gasteiger partial charge on any atom is 0.136 e. The highest BCUT2D eigenvalue weighted by atomic mass is 28.2. The molecule has 0 aromatic rings. The third-order valence-electron chi connectivity index (χ3n) is 1.11. The number of hydrogen-bond donors (Lipinski definition) is 1. The molecule has 0 atom stereocenters. The predicted octanol–water partition coefficient (Wildman–Crippen LogP) is -0.572. The SMILES string of the molecule is CCOC(OCC)[SiH2]CN. The monoisotopic (exact) mass is 163 g/mol. The van der Waals surface area contributed by atoms with Crippen molar-refractivity contribution in [2.45, 2.75) is 19.8 Å². The van der Waals surface area contributed by atoms with Gasteiger partial charge in [-0.1, -0.05) is 0 Å². The largest absolute Gasteiger partial charge is 0.357 e. The summed E-state index contributed by atoms with van der Waals surface area (Å²) in [7, 11) is -0.353. The van der Waals surface area contributed by atoms with E-state index in [1.165, 1.54) is 0 Å². The van der Waals surface area contributed by atoms with E-state index in [0.717, 1.165) is 19.4 Å². The Morgan fingerprint density at radius 2 is 1.80 bits per heavy atom. The molecule has 0 unspecified atom stereocenters. The fraction of sp³-hybridized carbons (Fsp3) is 1.00. The van der Waals surface area contributed by atoms with Gasteiger partial charge < -0.3 is 15.2 Å². The van der Waals surface area contributed by atoms with Gasteiger partial charge in [0.2, 0.25) is 0 Å². The van der Waals surface area contributed by atoms with E-state index in [0.29, 0.717) is 0 Å². The van der Waals surface area contributed by atoms with E-state index < -0.39 is 0 Å². The molecule has 0 heterocycles. The predicted molar refractivity (Wildman–Crippen MR) is 44.6 cm³/mol. The summed E-state index contributed by atoms with van der Waals surface area (Å²) in [6.45, 7) is 5.38. The van der Waals surface area contributed by atoms with Crippen LogP contribution in [0.3, 0.4) is 0 Å². The van der Waals surface area contributed by atoms with Gasteiger partial charge in [0, 0.05) is 13.2 Å². The fourth-order valence-corrected chi connectivity index (χ4v) is 1.80. The van der Waals surface area contributed by atoms with Crippen LogP contribution in [0.1, 0.15) is 13.8 Å². The molecular weight excluding hydrogens is 146 g/mol. The second kappa shape index (κ2) is 7.21. The first kappa shape index (κ1) is 10.1. The van der Waals surface area contributed by atoms with Gasteiger partial charge in [-0.3, -0.25) is 0 Å². The van der Waals surface area contributed by atoms with Gasteiger partial charge in [0.1, 0.15) is 15.4 Å². The minimum absolute atomic E-state index is 0.0417. The summed E-state index contributed by atoms with van der Waals surface area (Å²) in [4.78, 5) is 0. The van der Waals surface area contributed by atoms with Gasteiger partial charge in [0.25, 0.3) is 0 Å². The van der Waals surface area contributed by atoms with Crippen molar-refractivity contribution in [3.05, 3.63) is 0 Å². The summed E-state index contributed by atoms with van der Waals surface area (Å²) in [5, 5.41) is 0. The molecule has 3 nitrogen and oxygen atoms in total. The molecule has 0 radical (unpaired) electrons. The first-order valence-corrected chi connectivity index (χ1v) is 5.60. The molecule has 0 bridgehead atoms. The van der Waals surface area contributed by atoms with E-state index in [1.807, 2.05) is 13.8 Å². The Bertz CT molecular complexity index is 58.5. The summed E-state index contributed by atoms with van der Waals surface area (Å²) in [5.74, 6) is 0.0417. The number of ether oxygens (including phenoxy) is 2. The molecule has 0 aliphatic carbocycles. The average Bonchev–Trinajstić information content (AvgIpc) is 1.90. The lowest BCUT2D eigenvalue weighted by Crippen LogP contribution is -2.30. The number of hydrogen-bond acceptors (Lipinski definition) is 3. The molecule has 0 amide bonds. The quantitative estimate of drug-likeness (QED) is 0.421. The summed E-state index contributed by atoms with van der Waals surface area (Å²) >= 11 is 0. The van der Waals surface area contributed by atoms with Gasteiger partial charge in [-0.25, -0.2) is 0 Å². The van der Waals surface area contributed by atoms with Gasteiger partial charge in [-0.15, -0.1) is 0 Å². The van der Waals surface area contributed by atoms with E-state index in [2.05, 4.69) is 0 Å². The Hall–Kier alpha value is 0.0969. The smallest absolute Gasteiger partial charge is 0.136 e. The molecule has 0 aromatic carbocycles. The zero-order valence-corrected chi connectivity index (χ0v) is 8.21. The maximum atomic E-state index is 5.39. The highest BCUT2D eigenvalue weighted by Gasteiger charge is 2.05. The van der Waals surface area contributed by atoms with Crippen molar-refractivity contribution >= 4 is 9.52 Å². The van der Waals surface area contributed by atoms with Crippen molar-refractivity contribution in [1.29, 1.82) is 0 Å². The third-order valence-corrected chi connectivity index (χ3v) is 2.38. The van der Waals surface area contributed by atoms with Crippen LogP contribution in [0.15, 0.2) is 0 Å². The van der Waals surface area contributed by atoms with E-state index in [1.54, 1.807) is 0 Å². The molecule has 0 aromatic heterocycles. The summed E-state index contributed by atoms with van der Waals surface area (Å²) in [5.41, 5.74) is 5.39. The van der Waals surface area contributed by atoms with Gasteiger partial charge >= 0.3 is 0 Å². The first-order valence-electron chi connectivity index (χ1n) is 3.78. The standard InChI is InChI=1S/C6H17NO2Si/c1-3-8-6(9-4-2)10-5-7/h6H,3-5,7,10H2,1-2H3. The molecule has 10 heavy (non-hydrogen) atoms. The minimum Gasteiger partial charge on any atom is -0.357 e. The lowest BCUT2D eigenvalue weighted by atomic mass is 10.8. The Morgan fingerprint density at radius 3 is 2.10 bits per heavy atom. The van der Waals surface area contributed by atoms with Gasteiger partial charge in [-0.2, -0.15) is 0 Å². The Kier molecular flexibility index (Phi) is 7.28. The Morgan fingerprint density at radius 1 is 1.30 bits per heavy atom. The van der Waals surface area contributed by atoms with Crippen molar-refractivity contribution in [3.63, 3.8) is 0 Å². The lowest BCUT2D eigenvalue weighted by molar-refractivity contribution is -0.0826. The molecule has 0 spiro atoms. The molecule has 0 fully saturated rings. The minimum atomic E-state index is -0.353. The second-order valence-corrected chi connectivity index (χ2v) is 3.74. The normalized spacial score (nSPS) is 12.0. The molecule has 0 saturated heterocycles. The second-order valence-electron chi connectivity index (χ2n) is 1.92. The van der Waals surface area contributed by atoms with Crippen molar-refractivity contribution in [1.82, 2.24) is 0 Å². The Balaban J connectivity index is 3.30. The maximum absolute atomic E-state index is 5.39. The third kappa shape index (κ3) is 4.93. The van der Waals surface area contributed by atoms with Gasteiger partial charge in [0.15, 0.2) is 0 Å². The lowest BCUT2D eigenvalue weighted by Gasteiger charge is -2.14. The van der Waals surface area contributed by atoms with E-state index in [-0.39, 0.29) is 15.4 Å². The topological polar surface area (TPSA) is 44.5 Å². The van der Waals surface area contributed by atoms with Crippen LogP contribution >= 0.6 is 0 Å². The molecule has 0 rings (SSSR count). The van der Waals surface area contributed by atoms with Crippen LogP contribution in [-0.2, 0) is 9.47 Å². The van der Waals surface area contributed by atoms with Gasteiger partial charge in [0.05, 0.1) is 0 Å². The van der Waals surface area contributed by atoms with Crippen LogP contribution in [0.4, 0.5) is 0 Å². The Labute approximate surface area is 64.7 Å². The summed E-state index contributed by atoms with van der Waals surface area (Å²) < 4.78 is 10.6. The van der Waals surface area contributed by atoms with Crippen LogP contribution in [0.2, 0.25) is 0 Å². The molecular formula is C6H17NO2Si. The highest BCUT2D eigenvalue weighted by molar-refractivity contribution is 6.36. The van der Waals surface area contributed by atoms with Crippen molar-refractivity contribution in [3.8, 4) is 0 Å². The van der Waals surface area contributed by atoms with Crippen LogP contribution in [0, 0.1) is 0 Å². The van der Waals surface area contributed by atoms with Crippen molar-refractivity contribution in [2.75, 3.05) is 19.4 Å². The van der Waals surface area contributed by atoms with Crippen LogP contribution in [-0.4, -0.2) is 34.8 Å². The highest BCUT2D eigenvalue weighted by Crippen LogP contribution is 1.90. The molecule has 0 aliphatic rings. The fourth-order valence-electron chi connectivity index (χ4n) is 0.723. The van der Waals surface area contributed by atoms with Crippen LogP contribution in [0.5, 0.6) is 0 Å². The van der Waals surface area contributed by atoms with Crippen molar-refractivity contribution in [2.24, 2.45) is 5.73 Å². The molecule has 0 aliphatic heterocycles. The van der Waals surface area contributed by atoms with E-state index in [4.69, 9.17) is 15.2 Å². The number of nitrogens with two attached hydrogens (primary N) is 1. The van der Waals surface area contributed by atoms with Crippen molar-refractivity contribution < 1.29 is 9.47 Å². The van der Waals surface area contributed by atoms with E-state index >= 15 is 0 Å².